The van der Waals surface area contributed by atoms with Gasteiger partial charge in [0.05, 0.1) is 11.4 Å². The van der Waals surface area contributed by atoms with Crippen LogP contribution in [0.3, 0.4) is 0 Å². The first-order chi connectivity index (χ1) is 14.9. The fraction of sp³-hybridized carbons (Fsp3) is 0.261. The number of anilines is 2. The Morgan fingerprint density at radius 3 is 2.48 bits per heavy atom. The largest absolute Gasteiger partial charge is 0.355 e. The van der Waals surface area contributed by atoms with Crippen molar-refractivity contribution in [2.45, 2.75) is 19.8 Å². The lowest BCUT2D eigenvalue weighted by atomic mass is 9.95. The van der Waals surface area contributed by atoms with Crippen LogP contribution >= 0.6 is 15.9 Å². The zero-order valence-corrected chi connectivity index (χ0v) is 18.6. The lowest BCUT2D eigenvalue weighted by molar-refractivity contribution is -0.120. The van der Waals surface area contributed by atoms with Gasteiger partial charge in [0.2, 0.25) is 5.91 Å². The van der Waals surface area contributed by atoms with Crippen LogP contribution in [0.4, 0.5) is 15.9 Å². The number of piperidine rings is 1. The molecular weight excluding hydrogens is 463 g/mol. The standard InChI is InChI=1S/C23H22BrFN4O2/c1-15-2-7-20(19(24)14-15)26-23(31)16-10-12-28(13-11-16)21-8-9-22(30)29(27-21)18-5-3-17(25)4-6-18/h2-9,14,16H,10-13H2,1H3,(H,26,31). The van der Waals surface area contributed by atoms with Gasteiger partial charge in [0.15, 0.2) is 0 Å². The highest BCUT2D eigenvalue weighted by Gasteiger charge is 2.26. The molecule has 0 unspecified atom stereocenters. The summed E-state index contributed by atoms with van der Waals surface area (Å²) in [6.07, 6.45) is 1.37. The molecule has 0 atom stereocenters. The van der Waals surface area contributed by atoms with Gasteiger partial charge < -0.3 is 10.2 Å². The third kappa shape index (κ3) is 4.85. The van der Waals surface area contributed by atoms with Crippen LogP contribution in [-0.2, 0) is 4.79 Å². The zero-order chi connectivity index (χ0) is 22.0. The van der Waals surface area contributed by atoms with Crippen LogP contribution in [0.15, 0.2) is 63.9 Å². The number of hydrogen-bond donors (Lipinski definition) is 1. The molecule has 1 fully saturated rings. The van der Waals surface area contributed by atoms with Crippen LogP contribution in [0.5, 0.6) is 0 Å². The minimum absolute atomic E-state index is 0.00782. The van der Waals surface area contributed by atoms with Crippen molar-refractivity contribution < 1.29 is 9.18 Å². The molecule has 1 aliphatic rings. The van der Waals surface area contributed by atoms with Gasteiger partial charge in [-0.25, -0.2) is 4.39 Å². The van der Waals surface area contributed by atoms with Crippen LogP contribution in [-0.4, -0.2) is 28.8 Å². The number of nitrogens with zero attached hydrogens (tertiary/aromatic N) is 3. The number of benzene rings is 2. The summed E-state index contributed by atoms with van der Waals surface area (Å²) in [7, 11) is 0. The Morgan fingerprint density at radius 2 is 1.81 bits per heavy atom. The summed E-state index contributed by atoms with van der Waals surface area (Å²) in [6.45, 7) is 3.31. The molecule has 3 aromatic rings. The molecule has 2 heterocycles. The zero-order valence-electron chi connectivity index (χ0n) is 17.0. The fourth-order valence-electron chi connectivity index (χ4n) is 3.66. The van der Waals surface area contributed by atoms with Crippen molar-refractivity contribution in [2.75, 3.05) is 23.3 Å². The Kier molecular flexibility index (Phi) is 6.18. The Balaban J connectivity index is 1.43. The number of nitrogens with one attached hydrogen (secondary N) is 1. The van der Waals surface area contributed by atoms with Gasteiger partial charge in [0, 0.05) is 29.5 Å². The molecule has 160 valence electrons. The van der Waals surface area contributed by atoms with Gasteiger partial charge in [-0.05, 0) is 83.7 Å². The predicted molar refractivity (Wildman–Crippen MR) is 122 cm³/mol. The Labute approximate surface area is 187 Å². The highest BCUT2D eigenvalue weighted by atomic mass is 79.9. The molecule has 31 heavy (non-hydrogen) atoms. The molecule has 1 aliphatic heterocycles. The maximum Gasteiger partial charge on any atom is 0.271 e. The fourth-order valence-corrected chi connectivity index (χ4v) is 4.26. The van der Waals surface area contributed by atoms with Crippen molar-refractivity contribution in [2.24, 2.45) is 5.92 Å². The molecule has 8 heteroatoms. The SMILES string of the molecule is Cc1ccc(NC(=O)C2CCN(c3ccc(=O)n(-c4ccc(F)cc4)n3)CC2)c(Br)c1. The second-order valence-electron chi connectivity index (χ2n) is 7.65. The minimum Gasteiger partial charge on any atom is -0.355 e. The summed E-state index contributed by atoms with van der Waals surface area (Å²) in [4.78, 5) is 27.0. The van der Waals surface area contributed by atoms with Crippen molar-refractivity contribution in [3.05, 3.63) is 80.8 Å². The normalized spacial score (nSPS) is 14.5. The highest BCUT2D eigenvalue weighted by molar-refractivity contribution is 9.10. The number of aryl methyl sites for hydroxylation is 1. The van der Waals surface area contributed by atoms with Gasteiger partial charge >= 0.3 is 0 Å². The number of carbonyl (C=O) groups excluding carboxylic acids is 1. The summed E-state index contributed by atoms with van der Waals surface area (Å²) >= 11 is 3.50. The predicted octanol–water partition coefficient (Wildman–Crippen LogP) is 4.30. The number of amides is 1. The van der Waals surface area contributed by atoms with E-state index >= 15 is 0 Å². The lowest BCUT2D eigenvalue weighted by Crippen LogP contribution is -2.39. The molecule has 1 aromatic heterocycles. The first-order valence-corrected chi connectivity index (χ1v) is 10.9. The van der Waals surface area contributed by atoms with Crippen LogP contribution in [0.25, 0.3) is 5.69 Å². The van der Waals surface area contributed by atoms with Crippen molar-refractivity contribution in [3.8, 4) is 5.69 Å². The van der Waals surface area contributed by atoms with E-state index in [1.165, 1.54) is 35.0 Å². The van der Waals surface area contributed by atoms with E-state index in [1.807, 2.05) is 25.1 Å². The second kappa shape index (κ2) is 9.01. The quantitative estimate of drug-likeness (QED) is 0.599. The smallest absolute Gasteiger partial charge is 0.271 e. The molecule has 2 aromatic carbocycles. The molecule has 0 aliphatic carbocycles. The van der Waals surface area contributed by atoms with E-state index < -0.39 is 0 Å². The third-order valence-electron chi connectivity index (χ3n) is 5.43. The van der Waals surface area contributed by atoms with Crippen molar-refractivity contribution in [1.29, 1.82) is 0 Å². The lowest BCUT2D eigenvalue weighted by Gasteiger charge is -2.32. The van der Waals surface area contributed by atoms with Crippen LogP contribution in [0.1, 0.15) is 18.4 Å². The summed E-state index contributed by atoms with van der Waals surface area (Å²) in [5.41, 5.74) is 2.11. The highest BCUT2D eigenvalue weighted by Crippen LogP contribution is 2.27. The number of aromatic nitrogens is 2. The van der Waals surface area contributed by atoms with E-state index in [2.05, 4.69) is 31.2 Å². The van der Waals surface area contributed by atoms with E-state index in [0.717, 1.165) is 15.7 Å². The van der Waals surface area contributed by atoms with Crippen molar-refractivity contribution >= 4 is 33.3 Å². The van der Waals surface area contributed by atoms with Crippen molar-refractivity contribution in [3.63, 3.8) is 0 Å². The second-order valence-corrected chi connectivity index (χ2v) is 8.51. The van der Waals surface area contributed by atoms with Gasteiger partial charge in [0.25, 0.3) is 5.56 Å². The Morgan fingerprint density at radius 1 is 1.10 bits per heavy atom. The Hall–Kier alpha value is -3.00. The van der Waals surface area contributed by atoms with E-state index in [0.29, 0.717) is 37.4 Å². The molecular formula is C23H22BrFN4O2. The maximum absolute atomic E-state index is 13.2. The first kappa shape index (κ1) is 21.2. The molecule has 0 bridgehead atoms. The molecule has 1 N–H and O–H groups in total. The van der Waals surface area contributed by atoms with Gasteiger partial charge in [-0.1, -0.05) is 6.07 Å². The van der Waals surface area contributed by atoms with Crippen LogP contribution < -0.4 is 15.8 Å². The summed E-state index contributed by atoms with van der Waals surface area (Å²) in [5, 5.41) is 7.46. The monoisotopic (exact) mass is 484 g/mol. The number of halogens is 2. The van der Waals surface area contributed by atoms with E-state index in [9.17, 15) is 14.0 Å². The molecule has 1 amide bonds. The van der Waals surface area contributed by atoms with E-state index in [1.54, 1.807) is 6.07 Å². The molecule has 0 radical (unpaired) electrons. The van der Waals surface area contributed by atoms with Gasteiger partial charge in [-0.15, -0.1) is 5.10 Å². The number of hydrogen-bond acceptors (Lipinski definition) is 4. The van der Waals surface area contributed by atoms with Crippen LogP contribution in [0.2, 0.25) is 0 Å². The molecule has 0 spiro atoms. The topological polar surface area (TPSA) is 67.2 Å². The Bertz CT molecular complexity index is 1150. The van der Waals surface area contributed by atoms with E-state index in [-0.39, 0.29) is 23.2 Å². The molecule has 4 rings (SSSR count). The third-order valence-corrected chi connectivity index (χ3v) is 6.09. The van der Waals surface area contributed by atoms with Crippen LogP contribution in [0, 0.1) is 18.7 Å². The average Bonchev–Trinajstić information content (AvgIpc) is 2.77. The summed E-state index contributed by atoms with van der Waals surface area (Å²) in [5.74, 6) is 0.205. The first-order valence-electron chi connectivity index (χ1n) is 10.1. The van der Waals surface area contributed by atoms with Crippen molar-refractivity contribution in [1.82, 2.24) is 9.78 Å². The number of rotatable bonds is 4. The molecule has 0 saturated carbocycles. The minimum atomic E-state index is -0.369. The van der Waals surface area contributed by atoms with Gasteiger partial charge in [-0.2, -0.15) is 4.68 Å². The molecule has 6 nitrogen and oxygen atoms in total. The number of carbonyl (C=O) groups is 1. The van der Waals surface area contributed by atoms with Gasteiger partial charge in [-0.3, -0.25) is 9.59 Å². The van der Waals surface area contributed by atoms with Gasteiger partial charge in [0.1, 0.15) is 11.6 Å². The summed E-state index contributed by atoms with van der Waals surface area (Å²) in [6, 6.07) is 14.6. The molecule has 1 saturated heterocycles. The average molecular weight is 485 g/mol. The van der Waals surface area contributed by atoms with E-state index in [4.69, 9.17) is 0 Å². The summed E-state index contributed by atoms with van der Waals surface area (Å²) < 4.78 is 15.3. The maximum atomic E-state index is 13.2.